The molecule has 0 aliphatic heterocycles. The molecule has 5 nitrogen and oxygen atoms in total. The van der Waals surface area contributed by atoms with Gasteiger partial charge in [0.15, 0.2) is 5.96 Å². The lowest BCUT2D eigenvalue weighted by atomic mass is 10.1. The second-order valence-corrected chi connectivity index (χ2v) is 2.75. The maximum atomic E-state index is 5.38. The highest BCUT2D eigenvalue weighted by molar-refractivity contribution is 15.0. The van der Waals surface area contributed by atoms with Gasteiger partial charge in [-0.25, -0.2) is 0 Å². The van der Waals surface area contributed by atoms with Gasteiger partial charge in [0.2, 0.25) is 5.96 Å². The second-order valence-electron chi connectivity index (χ2n) is 2.75. The normalized spacial score (nSPS) is 12.4. The van der Waals surface area contributed by atoms with E-state index >= 15 is 0 Å². The Kier molecular flexibility index (Phi) is 13.4. The fourth-order valence-electron chi connectivity index (χ4n) is 0.546. The van der Waals surface area contributed by atoms with Gasteiger partial charge < -0.3 is 17.2 Å². The van der Waals surface area contributed by atoms with Crippen molar-refractivity contribution in [1.82, 2.24) is 0 Å². The topological polar surface area (TPSA) is 103 Å². The van der Waals surface area contributed by atoms with E-state index in [1.165, 1.54) is 0 Å². The summed E-state index contributed by atoms with van der Waals surface area (Å²) < 4.78 is 0. The van der Waals surface area contributed by atoms with Crippen LogP contribution < -0.4 is 17.2 Å². The summed E-state index contributed by atoms with van der Waals surface area (Å²) in [7, 11) is 0. The van der Waals surface area contributed by atoms with Crippen molar-refractivity contribution >= 4 is 49.2 Å². The minimum atomic E-state index is -0.0552. The minimum Gasteiger partial charge on any atom is -0.370 e. The van der Waals surface area contributed by atoms with E-state index in [2.05, 4.69) is 61.1 Å². The van der Waals surface area contributed by atoms with Crippen LogP contribution in [0.4, 0.5) is 0 Å². The third kappa shape index (κ3) is 12.2. The highest BCUT2D eigenvalue weighted by Crippen LogP contribution is 1.99. The van der Waals surface area contributed by atoms with Crippen LogP contribution in [0.3, 0.4) is 0 Å². The summed E-state index contributed by atoms with van der Waals surface area (Å²) in [4.78, 5) is 7.57. The van der Waals surface area contributed by atoms with E-state index in [0.717, 1.165) is 6.42 Å². The van der Waals surface area contributed by atoms with Gasteiger partial charge in [0.25, 0.3) is 0 Å². The van der Waals surface area contributed by atoms with E-state index in [-0.39, 0.29) is 11.9 Å². The first-order chi connectivity index (χ1) is 6.56. The highest BCUT2D eigenvalue weighted by atomic mass is 128. The van der Waals surface area contributed by atoms with Crippen molar-refractivity contribution in [3.05, 3.63) is 0 Å². The van der Waals surface area contributed by atoms with Crippen molar-refractivity contribution in [3.63, 3.8) is 0 Å². The molecule has 0 saturated heterocycles. The molecule has 0 spiro atoms. The molecule has 0 aromatic heterocycles. The molecule has 0 saturated carbocycles. The first kappa shape index (κ1) is 16.6. The van der Waals surface area contributed by atoms with Gasteiger partial charge in [-0.2, -0.15) is 4.99 Å². The summed E-state index contributed by atoms with van der Waals surface area (Å²) >= 11 is 4.24. The van der Waals surface area contributed by atoms with Gasteiger partial charge in [-0.15, -0.1) is 0 Å². The van der Waals surface area contributed by atoms with Crippen molar-refractivity contribution in [3.8, 4) is 0 Å². The molecule has 0 aromatic rings. The van der Waals surface area contributed by atoms with E-state index in [1.807, 2.05) is 0 Å². The quantitative estimate of drug-likeness (QED) is 0.362. The summed E-state index contributed by atoms with van der Waals surface area (Å²) in [5.74, 6) is 0.605. The fraction of sp³-hybridized carbons (Fsp3) is 0.714. The zero-order valence-electron chi connectivity index (χ0n) is 8.37. The Labute approximate surface area is 108 Å². The molecule has 0 heterocycles. The zero-order chi connectivity index (χ0) is 11.6. The third-order valence-electron chi connectivity index (χ3n) is 1.51. The van der Waals surface area contributed by atoms with Crippen LogP contribution in [0.15, 0.2) is 9.98 Å². The Morgan fingerprint density at radius 2 is 1.79 bits per heavy atom. The molecule has 6 N–H and O–H groups in total. The van der Waals surface area contributed by atoms with Crippen LogP contribution >= 0.6 is 37.2 Å². The second kappa shape index (κ2) is 11.3. The van der Waals surface area contributed by atoms with Gasteiger partial charge in [0.05, 0.1) is 0 Å². The first-order valence-electron chi connectivity index (χ1n) is 4.10. The average Bonchev–Trinajstić information content (AvgIpc) is 2.16. The van der Waals surface area contributed by atoms with E-state index < -0.39 is 0 Å². The van der Waals surface area contributed by atoms with Crippen LogP contribution in [-0.2, 0) is 0 Å². The largest absolute Gasteiger partial charge is 0.370 e. The molecule has 1 unspecified atom stereocenters. The van der Waals surface area contributed by atoms with Gasteiger partial charge in [0.1, 0.15) is 0 Å². The van der Waals surface area contributed by atoms with Crippen molar-refractivity contribution < 1.29 is 0 Å². The molecule has 0 aliphatic rings. The highest BCUT2D eigenvalue weighted by Gasteiger charge is 1.96. The summed E-state index contributed by atoms with van der Waals surface area (Å²) in [5.41, 5.74) is 15.6. The molecule has 0 aliphatic carbocycles. The van der Waals surface area contributed by atoms with Crippen molar-refractivity contribution in [1.29, 1.82) is 0 Å². The number of hydrogen-bond donors (Lipinski definition) is 3. The van der Waals surface area contributed by atoms with Crippen molar-refractivity contribution in [2.75, 3.05) is 6.54 Å². The van der Waals surface area contributed by atoms with Gasteiger partial charge in [-0.05, 0) is 5.92 Å². The Morgan fingerprint density at radius 3 is 2.14 bits per heavy atom. The van der Waals surface area contributed by atoms with Crippen molar-refractivity contribution in [2.45, 2.75) is 20.3 Å². The standard InChI is InChI=1S/C7H17N5.I2/c1-3-5(2)4-11-7(10)12-6(8)9;1-2/h5H,3-4H2,1-2H3,(H6,8,9,10,11,12);. The summed E-state index contributed by atoms with van der Waals surface area (Å²) in [6.45, 7) is 4.85. The number of nitrogens with two attached hydrogens (primary N) is 3. The van der Waals surface area contributed by atoms with Crippen LogP contribution in [0.2, 0.25) is 0 Å². The molecule has 1 atom stereocenters. The maximum absolute atomic E-state index is 5.38. The van der Waals surface area contributed by atoms with E-state index in [9.17, 15) is 0 Å². The molecule has 0 rings (SSSR count). The van der Waals surface area contributed by atoms with Crippen molar-refractivity contribution in [2.24, 2.45) is 33.1 Å². The van der Waals surface area contributed by atoms with E-state index in [0.29, 0.717) is 12.5 Å². The Balaban J connectivity index is 0. The minimum absolute atomic E-state index is 0.0552. The summed E-state index contributed by atoms with van der Waals surface area (Å²) in [6.07, 6.45) is 1.07. The Morgan fingerprint density at radius 1 is 1.29 bits per heavy atom. The third-order valence-corrected chi connectivity index (χ3v) is 1.51. The predicted molar refractivity (Wildman–Crippen MR) is 79.8 cm³/mol. The van der Waals surface area contributed by atoms with Gasteiger partial charge >= 0.3 is 0 Å². The lowest BCUT2D eigenvalue weighted by Gasteiger charge is -2.02. The van der Waals surface area contributed by atoms with E-state index in [1.54, 1.807) is 0 Å². The number of hydrogen-bond acceptors (Lipinski definition) is 1. The van der Waals surface area contributed by atoms with Crippen LogP contribution in [0.5, 0.6) is 0 Å². The van der Waals surface area contributed by atoms with Crippen LogP contribution in [0.25, 0.3) is 0 Å². The summed E-state index contributed by atoms with van der Waals surface area (Å²) in [6, 6.07) is 0. The van der Waals surface area contributed by atoms with Gasteiger partial charge in [-0.3, -0.25) is 4.99 Å². The molecule has 7 heteroatoms. The monoisotopic (exact) mass is 425 g/mol. The zero-order valence-corrected chi connectivity index (χ0v) is 12.7. The fourth-order valence-corrected chi connectivity index (χ4v) is 0.546. The number of guanidine groups is 2. The Bertz CT molecular complexity index is 189. The van der Waals surface area contributed by atoms with Crippen LogP contribution in [0, 0.1) is 5.92 Å². The maximum Gasteiger partial charge on any atom is 0.218 e. The number of aliphatic imine (C=N–C) groups is 2. The Hall–Kier alpha value is 0.200. The van der Waals surface area contributed by atoms with E-state index in [4.69, 9.17) is 17.2 Å². The average molecular weight is 425 g/mol. The molecule has 14 heavy (non-hydrogen) atoms. The molecule has 0 aromatic carbocycles. The molecule has 0 fully saturated rings. The number of rotatable bonds is 3. The molecule has 0 bridgehead atoms. The SMILES string of the molecule is CCC(C)CN=C(N)N=C(N)N.II. The molecule has 84 valence electrons. The lowest BCUT2D eigenvalue weighted by molar-refractivity contribution is 0.576. The molecular weight excluding hydrogens is 408 g/mol. The van der Waals surface area contributed by atoms with Crippen LogP contribution in [-0.4, -0.2) is 18.5 Å². The smallest absolute Gasteiger partial charge is 0.218 e. The number of nitrogens with zero attached hydrogens (tertiary/aromatic N) is 2. The molecular formula is C7H17I2N5. The first-order valence-corrected chi connectivity index (χ1v) is 10.4. The predicted octanol–water partition coefficient (Wildman–Crippen LogP) is 1.39. The van der Waals surface area contributed by atoms with Crippen LogP contribution in [0.1, 0.15) is 20.3 Å². The lowest BCUT2D eigenvalue weighted by Crippen LogP contribution is -2.26. The van der Waals surface area contributed by atoms with Gasteiger partial charge in [-0.1, -0.05) is 20.3 Å². The molecule has 0 amide bonds. The van der Waals surface area contributed by atoms with Gasteiger partial charge in [0, 0.05) is 43.8 Å². The summed E-state index contributed by atoms with van der Waals surface area (Å²) in [5, 5.41) is 0. The number of halogens is 2. The molecule has 0 radical (unpaired) electrons.